The Morgan fingerprint density at radius 2 is 1.80 bits per heavy atom. The lowest BCUT2D eigenvalue weighted by Crippen LogP contribution is -2.39. The molecular formula is C26H34N2OS. The van der Waals surface area contributed by atoms with Gasteiger partial charge in [0.15, 0.2) is 0 Å². The van der Waals surface area contributed by atoms with Crippen LogP contribution in [0.2, 0.25) is 0 Å². The number of fused-ring (bicyclic) bond motifs is 1. The van der Waals surface area contributed by atoms with Crippen molar-refractivity contribution < 1.29 is 4.74 Å². The van der Waals surface area contributed by atoms with Crippen molar-refractivity contribution in [1.82, 2.24) is 9.88 Å². The molecule has 1 aliphatic rings. The molecule has 1 fully saturated rings. The monoisotopic (exact) mass is 422 g/mol. The molecule has 1 N–H and O–H groups in total. The van der Waals surface area contributed by atoms with Crippen LogP contribution in [0.25, 0.3) is 10.9 Å². The lowest BCUT2D eigenvalue weighted by molar-refractivity contribution is 0.158. The van der Waals surface area contributed by atoms with Crippen molar-refractivity contribution in [1.29, 1.82) is 0 Å². The summed E-state index contributed by atoms with van der Waals surface area (Å²) in [6.45, 7) is 9.99. The molecular weight excluding hydrogens is 388 g/mol. The van der Waals surface area contributed by atoms with E-state index in [1.807, 2.05) is 11.8 Å². The SMILES string of the molecule is CCCOc1ccc(Sc2ccc3[nH]cc(C4CCN(C(C)CC)CC4)c3c2)cc1. The van der Waals surface area contributed by atoms with Crippen LogP contribution < -0.4 is 4.74 Å². The number of aromatic nitrogens is 1. The molecule has 1 atom stereocenters. The van der Waals surface area contributed by atoms with Gasteiger partial charge in [-0.05, 0) is 99.6 Å². The van der Waals surface area contributed by atoms with Crippen LogP contribution in [0.15, 0.2) is 58.5 Å². The molecule has 2 heterocycles. The maximum Gasteiger partial charge on any atom is 0.119 e. The molecule has 0 bridgehead atoms. The Morgan fingerprint density at radius 3 is 2.50 bits per heavy atom. The zero-order chi connectivity index (χ0) is 20.9. The van der Waals surface area contributed by atoms with E-state index in [1.54, 1.807) is 0 Å². The second-order valence-electron chi connectivity index (χ2n) is 8.44. The lowest BCUT2D eigenvalue weighted by Gasteiger charge is -2.35. The lowest BCUT2D eigenvalue weighted by atomic mass is 9.88. The van der Waals surface area contributed by atoms with Crippen LogP contribution >= 0.6 is 11.8 Å². The fourth-order valence-electron chi connectivity index (χ4n) is 4.39. The molecule has 0 spiro atoms. The summed E-state index contributed by atoms with van der Waals surface area (Å²) in [6, 6.07) is 16.0. The average molecular weight is 423 g/mol. The first-order chi connectivity index (χ1) is 14.7. The van der Waals surface area contributed by atoms with Crippen molar-refractivity contribution >= 4 is 22.7 Å². The average Bonchev–Trinajstić information content (AvgIpc) is 3.21. The predicted octanol–water partition coefficient (Wildman–Crippen LogP) is 7.09. The standard InChI is InChI=1S/C26H34N2OS/c1-4-16-29-21-6-8-22(9-7-21)30-23-10-11-26-24(17-23)25(18-27-26)20-12-14-28(15-13-20)19(3)5-2/h6-11,17-20,27H,4-5,12-16H2,1-3H3. The van der Waals surface area contributed by atoms with Crippen molar-refractivity contribution in [2.45, 2.75) is 68.2 Å². The molecule has 0 radical (unpaired) electrons. The smallest absolute Gasteiger partial charge is 0.119 e. The van der Waals surface area contributed by atoms with Crippen LogP contribution in [0, 0.1) is 0 Å². The van der Waals surface area contributed by atoms with Gasteiger partial charge in [-0.3, -0.25) is 0 Å². The van der Waals surface area contributed by atoms with E-state index in [0.29, 0.717) is 12.0 Å². The highest BCUT2D eigenvalue weighted by Gasteiger charge is 2.24. The van der Waals surface area contributed by atoms with Crippen LogP contribution in [0.3, 0.4) is 0 Å². The maximum absolute atomic E-state index is 5.70. The molecule has 1 unspecified atom stereocenters. The number of benzene rings is 2. The zero-order valence-electron chi connectivity index (χ0n) is 18.5. The topological polar surface area (TPSA) is 28.3 Å². The van der Waals surface area contributed by atoms with Crippen molar-refractivity contribution in [2.24, 2.45) is 0 Å². The fraction of sp³-hybridized carbons (Fsp3) is 0.462. The van der Waals surface area contributed by atoms with Gasteiger partial charge in [0.1, 0.15) is 5.75 Å². The number of likely N-dealkylation sites (tertiary alicyclic amines) is 1. The molecule has 0 amide bonds. The highest BCUT2D eigenvalue weighted by molar-refractivity contribution is 7.99. The first-order valence-electron chi connectivity index (χ1n) is 11.4. The van der Waals surface area contributed by atoms with E-state index in [2.05, 4.69) is 79.3 Å². The van der Waals surface area contributed by atoms with Gasteiger partial charge in [0.05, 0.1) is 6.61 Å². The molecule has 4 heteroatoms. The number of hydrogen-bond donors (Lipinski definition) is 1. The number of piperidine rings is 1. The highest BCUT2D eigenvalue weighted by Crippen LogP contribution is 2.37. The van der Waals surface area contributed by atoms with Crippen molar-refractivity contribution in [3.8, 4) is 5.75 Å². The molecule has 1 aliphatic heterocycles. The second kappa shape index (κ2) is 9.93. The molecule has 4 rings (SSSR count). The van der Waals surface area contributed by atoms with Crippen molar-refractivity contribution in [3.05, 3.63) is 54.2 Å². The Balaban J connectivity index is 1.47. The molecule has 3 nitrogen and oxygen atoms in total. The Hall–Kier alpha value is -1.91. The van der Waals surface area contributed by atoms with Gasteiger partial charge in [0.2, 0.25) is 0 Å². The van der Waals surface area contributed by atoms with Gasteiger partial charge in [-0.25, -0.2) is 0 Å². The van der Waals surface area contributed by atoms with Gasteiger partial charge in [-0.2, -0.15) is 0 Å². The Labute approximate surface area is 185 Å². The van der Waals surface area contributed by atoms with Gasteiger partial charge in [0.25, 0.3) is 0 Å². The summed E-state index contributed by atoms with van der Waals surface area (Å²) in [5.41, 5.74) is 2.75. The summed E-state index contributed by atoms with van der Waals surface area (Å²) in [5.74, 6) is 1.61. The van der Waals surface area contributed by atoms with Gasteiger partial charge < -0.3 is 14.6 Å². The van der Waals surface area contributed by atoms with Crippen LogP contribution in [0.4, 0.5) is 0 Å². The number of ether oxygens (including phenoxy) is 1. The van der Waals surface area contributed by atoms with Crippen molar-refractivity contribution in [3.63, 3.8) is 0 Å². The van der Waals surface area contributed by atoms with E-state index >= 15 is 0 Å². The molecule has 160 valence electrons. The van der Waals surface area contributed by atoms with E-state index in [9.17, 15) is 0 Å². The number of rotatable bonds is 8. The number of nitrogens with one attached hydrogen (secondary N) is 1. The number of H-pyrrole nitrogens is 1. The third kappa shape index (κ3) is 4.87. The summed E-state index contributed by atoms with van der Waals surface area (Å²) < 4.78 is 5.70. The molecule has 3 aromatic rings. The van der Waals surface area contributed by atoms with Gasteiger partial charge in [0, 0.05) is 32.9 Å². The largest absolute Gasteiger partial charge is 0.494 e. The Bertz CT molecular complexity index is 941. The van der Waals surface area contributed by atoms with Gasteiger partial charge >= 0.3 is 0 Å². The van der Waals surface area contributed by atoms with E-state index in [-0.39, 0.29) is 0 Å². The molecule has 30 heavy (non-hydrogen) atoms. The van der Waals surface area contributed by atoms with Gasteiger partial charge in [-0.1, -0.05) is 25.6 Å². The summed E-state index contributed by atoms with van der Waals surface area (Å²) in [6.07, 6.45) is 7.04. The van der Waals surface area contributed by atoms with E-state index in [4.69, 9.17) is 4.74 Å². The van der Waals surface area contributed by atoms with Crippen molar-refractivity contribution in [2.75, 3.05) is 19.7 Å². The summed E-state index contributed by atoms with van der Waals surface area (Å²) in [4.78, 5) is 8.70. The summed E-state index contributed by atoms with van der Waals surface area (Å²) in [7, 11) is 0. The molecule has 1 saturated heterocycles. The maximum atomic E-state index is 5.70. The third-order valence-electron chi connectivity index (χ3n) is 6.40. The van der Waals surface area contributed by atoms with E-state index in [0.717, 1.165) is 18.8 Å². The Morgan fingerprint density at radius 1 is 1.07 bits per heavy atom. The predicted molar refractivity (Wildman–Crippen MR) is 128 cm³/mol. The first-order valence-corrected chi connectivity index (χ1v) is 12.2. The van der Waals surface area contributed by atoms with Crippen LogP contribution in [-0.4, -0.2) is 35.6 Å². The second-order valence-corrected chi connectivity index (χ2v) is 9.59. The fourth-order valence-corrected chi connectivity index (χ4v) is 5.25. The zero-order valence-corrected chi connectivity index (χ0v) is 19.3. The highest BCUT2D eigenvalue weighted by atomic mass is 32.2. The van der Waals surface area contributed by atoms with E-state index < -0.39 is 0 Å². The minimum absolute atomic E-state index is 0.661. The summed E-state index contributed by atoms with van der Waals surface area (Å²) >= 11 is 1.82. The number of aromatic amines is 1. The van der Waals surface area contributed by atoms with Gasteiger partial charge in [-0.15, -0.1) is 0 Å². The molecule has 0 saturated carbocycles. The molecule has 0 aliphatic carbocycles. The quantitative estimate of drug-likeness (QED) is 0.420. The Kier molecular flexibility index (Phi) is 7.06. The van der Waals surface area contributed by atoms with E-state index in [1.165, 1.54) is 58.6 Å². The third-order valence-corrected chi connectivity index (χ3v) is 7.40. The first kappa shape index (κ1) is 21.3. The van der Waals surface area contributed by atoms with Crippen LogP contribution in [0.1, 0.15) is 57.9 Å². The molecule has 1 aromatic heterocycles. The normalized spacial score (nSPS) is 16.8. The minimum atomic E-state index is 0.661. The van der Waals surface area contributed by atoms with Crippen LogP contribution in [0.5, 0.6) is 5.75 Å². The molecule has 2 aromatic carbocycles. The summed E-state index contributed by atoms with van der Waals surface area (Å²) in [5, 5.41) is 1.39. The number of hydrogen-bond acceptors (Lipinski definition) is 3. The minimum Gasteiger partial charge on any atom is -0.494 e. The van der Waals surface area contributed by atoms with Crippen LogP contribution in [-0.2, 0) is 0 Å². The number of nitrogens with zero attached hydrogens (tertiary/aromatic N) is 1.